The number of hydrogen-bond donors (Lipinski definition) is 1. The van der Waals surface area contributed by atoms with Gasteiger partial charge in [0, 0.05) is 38.4 Å². The summed E-state index contributed by atoms with van der Waals surface area (Å²) < 4.78 is 1.40. The zero-order valence-electron chi connectivity index (χ0n) is 11.1. The van der Waals surface area contributed by atoms with Crippen LogP contribution >= 0.6 is 0 Å². The van der Waals surface area contributed by atoms with Crippen molar-refractivity contribution in [2.75, 3.05) is 33.7 Å². The van der Waals surface area contributed by atoms with Crippen molar-refractivity contribution in [1.29, 1.82) is 5.26 Å². The third kappa shape index (κ3) is 2.92. The predicted octanol–water partition coefficient (Wildman–Crippen LogP) is -1.35. The molecule has 1 unspecified atom stereocenters. The number of piperazine rings is 1. The van der Waals surface area contributed by atoms with E-state index in [2.05, 4.69) is 14.8 Å². The number of nitriles is 1. The van der Waals surface area contributed by atoms with E-state index in [0.717, 1.165) is 19.6 Å². The minimum Gasteiger partial charge on any atom is -0.303 e. The summed E-state index contributed by atoms with van der Waals surface area (Å²) in [6.07, 6.45) is 1.34. The van der Waals surface area contributed by atoms with Crippen molar-refractivity contribution in [1.82, 2.24) is 19.4 Å². The molecule has 1 saturated heterocycles. The molecule has 1 aromatic heterocycles. The number of H-pyrrole nitrogens is 1. The molecular weight excluding hydrogens is 246 g/mol. The Hall–Kier alpha value is -1.91. The summed E-state index contributed by atoms with van der Waals surface area (Å²) in [6, 6.07) is 1.98. The fourth-order valence-corrected chi connectivity index (χ4v) is 2.25. The lowest BCUT2D eigenvalue weighted by atomic mass is 10.2. The SMILES string of the molecule is CN1CCN(C)C(Cn2cc(C#N)c(=O)[nH]c2=O)C1. The zero-order valence-corrected chi connectivity index (χ0v) is 11.1. The van der Waals surface area contributed by atoms with E-state index in [9.17, 15) is 9.59 Å². The van der Waals surface area contributed by atoms with E-state index in [4.69, 9.17) is 5.26 Å². The van der Waals surface area contributed by atoms with Gasteiger partial charge in [-0.05, 0) is 14.1 Å². The summed E-state index contributed by atoms with van der Waals surface area (Å²) in [5, 5.41) is 8.83. The first-order valence-corrected chi connectivity index (χ1v) is 6.14. The van der Waals surface area contributed by atoms with Crippen LogP contribution in [0.1, 0.15) is 5.56 Å². The summed E-state index contributed by atoms with van der Waals surface area (Å²) in [7, 11) is 4.05. The molecule has 1 aliphatic rings. The molecule has 0 radical (unpaired) electrons. The fourth-order valence-electron chi connectivity index (χ4n) is 2.25. The molecule has 0 spiro atoms. The highest BCUT2D eigenvalue weighted by Crippen LogP contribution is 2.07. The number of aromatic amines is 1. The first kappa shape index (κ1) is 13.5. The normalized spacial score (nSPS) is 21.2. The van der Waals surface area contributed by atoms with Gasteiger partial charge in [0.25, 0.3) is 5.56 Å². The van der Waals surface area contributed by atoms with E-state index in [-0.39, 0.29) is 11.6 Å². The molecule has 0 bridgehead atoms. The Morgan fingerprint density at radius 3 is 2.84 bits per heavy atom. The molecule has 7 nitrogen and oxygen atoms in total. The third-order valence-electron chi connectivity index (χ3n) is 3.52. The molecule has 0 saturated carbocycles. The maximum Gasteiger partial charge on any atom is 0.328 e. The Balaban J connectivity index is 2.26. The van der Waals surface area contributed by atoms with Gasteiger partial charge >= 0.3 is 5.69 Å². The average Bonchev–Trinajstić information content (AvgIpc) is 2.37. The smallest absolute Gasteiger partial charge is 0.303 e. The lowest BCUT2D eigenvalue weighted by Crippen LogP contribution is -2.52. The molecule has 1 aliphatic heterocycles. The predicted molar refractivity (Wildman–Crippen MR) is 70.0 cm³/mol. The first-order valence-electron chi connectivity index (χ1n) is 6.14. The topological polar surface area (TPSA) is 85.1 Å². The van der Waals surface area contributed by atoms with Crippen molar-refractivity contribution in [3.63, 3.8) is 0 Å². The Morgan fingerprint density at radius 2 is 2.16 bits per heavy atom. The maximum atomic E-state index is 11.7. The van der Waals surface area contributed by atoms with E-state index in [0.29, 0.717) is 6.54 Å². The number of rotatable bonds is 2. The monoisotopic (exact) mass is 263 g/mol. The zero-order chi connectivity index (χ0) is 14.0. The third-order valence-corrected chi connectivity index (χ3v) is 3.52. The van der Waals surface area contributed by atoms with Gasteiger partial charge in [0.1, 0.15) is 11.6 Å². The molecule has 0 amide bonds. The van der Waals surface area contributed by atoms with Gasteiger partial charge in [-0.1, -0.05) is 0 Å². The minimum absolute atomic E-state index is 0.0357. The molecule has 102 valence electrons. The molecule has 0 aromatic carbocycles. The van der Waals surface area contributed by atoms with Crippen molar-refractivity contribution in [2.45, 2.75) is 12.6 Å². The largest absolute Gasteiger partial charge is 0.328 e. The molecule has 19 heavy (non-hydrogen) atoms. The van der Waals surface area contributed by atoms with Crippen LogP contribution < -0.4 is 11.2 Å². The van der Waals surface area contributed by atoms with Crippen molar-refractivity contribution in [3.8, 4) is 6.07 Å². The summed E-state index contributed by atoms with van der Waals surface area (Å²) >= 11 is 0. The minimum atomic E-state index is -0.627. The fraction of sp³-hybridized carbons (Fsp3) is 0.583. The molecule has 1 atom stereocenters. The number of nitrogens with one attached hydrogen (secondary N) is 1. The number of nitrogens with zero attached hydrogens (tertiary/aromatic N) is 4. The van der Waals surface area contributed by atoms with Gasteiger partial charge in [0.05, 0.1) is 0 Å². The highest BCUT2D eigenvalue weighted by atomic mass is 16.2. The van der Waals surface area contributed by atoms with Gasteiger partial charge in [0.15, 0.2) is 0 Å². The Bertz CT molecular complexity index is 612. The highest BCUT2D eigenvalue weighted by molar-refractivity contribution is 5.21. The van der Waals surface area contributed by atoms with Crippen LogP contribution in [0.15, 0.2) is 15.8 Å². The van der Waals surface area contributed by atoms with Crippen LogP contribution in [-0.4, -0.2) is 59.1 Å². The Kier molecular flexibility index (Phi) is 3.83. The molecular formula is C12H17N5O2. The van der Waals surface area contributed by atoms with E-state index >= 15 is 0 Å². The van der Waals surface area contributed by atoms with Crippen LogP contribution in [0, 0.1) is 11.3 Å². The molecule has 0 aliphatic carbocycles. The lowest BCUT2D eigenvalue weighted by Gasteiger charge is -2.37. The number of hydrogen-bond acceptors (Lipinski definition) is 5. The second kappa shape index (κ2) is 5.38. The van der Waals surface area contributed by atoms with E-state index in [1.807, 2.05) is 14.1 Å². The first-order chi connectivity index (χ1) is 9.01. The maximum absolute atomic E-state index is 11.7. The van der Waals surface area contributed by atoms with Crippen LogP contribution in [0.2, 0.25) is 0 Å². The highest BCUT2D eigenvalue weighted by Gasteiger charge is 2.23. The average molecular weight is 263 g/mol. The van der Waals surface area contributed by atoms with Gasteiger partial charge in [-0.15, -0.1) is 0 Å². The standard InChI is InChI=1S/C12H17N5O2/c1-15-3-4-16(2)10(7-15)8-17-6-9(5-13)11(18)14-12(17)19/h6,10H,3-4,7-8H2,1-2H3,(H,14,18,19). The lowest BCUT2D eigenvalue weighted by molar-refractivity contribution is 0.102. The quantitative estimate of drug-likeness (QED) is 0.713. The summed E-state index contributed by atoms with van der Waals surface area (Å²) in [5.41, 5.74) is -1.13. The molecule has 2 heterocycles. The van der Waals surface area contributed by atoms with Crippen LogP contribution in [-0.2, 0) is 6.54 Å². The molecule has 1 N–H and O–H groups in total. The number of likely N-dealkylation sites (N-methyl/N-ethyl adjacent to an activating group) is 2. The van der Waals surface area contributed by atoms with E-state index in [1.54, 1.807) is 6.07 Å². The van der Waals surface area contributed by atoms with Gasteiger partial charge in [0.2, 0.25) is 0 Å². The van der Waals surface area contributed by atoms with Crippen LogP contribution in [0.3, 0.4) is 0 Å². The van der Waals surface area contributed by atoms with Crippen molar-refractivity contribution >= 4 is 0 Å². The van der Waals surface area contributed by atoms with Crippen molar-refractivity contribution < 1.29 is 0 Å². The molecule has 1 aromatic rings. The summed E-state index contributed by atoms with van der Waals surface area (Å²) in [4.78, 5) is 29.6. The molecule has 2 rings (SSSR count). The summed E-state index contributed by atoms with van der Waals surface area (Å²) in [5.74, 6) is 0. The van der Waals surface area contributed by atoms with Gasteiger partial charge in [-0.2, -0.15) is 5.26 Å². The summed E-state index contributed by atoms with van der Waals surface area (Å²) in [6.45, 7) is 3.25. The Labute approximate surface area is 110 Å². The van der Waals surface area contributed by atoms with Crippen LogP contribution in [0.4, 0.5) is 0 Å². The van der Waals surface area contributed by atoms with E-state index < -0.39 is 11.2 Å². The second-order valence-electron chi connectivity index (χ2n) is 4.96. The van der Waals surface area contributed by atoms with Gasteiger partial charge in [-0.3, -0.25) is 19.2 Å². The number of aromatic nitrogens is 2. The Morgan fingerprint density at radius 1 is 1.42 bits per heavy atom. The van der Waals surface area contributed by atoms with E-state index in [1.165, 1.54) is 10.8 Å². The van der Waals surface area contributed by atoms with Crippen molar-refractivity contribution in [3.05, 3.63) is 32.6 Å². The van der Waals surface area contributed by atoms with Gasteiger partial charge in [-0.25, -0.2) is 4.79 Å². The molecule has 1 fully saturated rings. The second-order valence-corrected chi connectivity index (χ2v) is 4.96. The van der Waals surface area contributed by atoms with Gasteiger partial charge < -0.3 is 4.90 Å². The van der Waals surface area contributed by atoms with Crippen LogP contribution in [0.25, 0.3) is 0 Å². The molecule has 7 heteroatoms. The van der Waals surface area contributed by atoms with Crippen molar-refractivity contribution in [2.24, 2.45) is 0 Å². The van der Waals surface area contributed by atoms with Crippen LogP contribution in [0.5, 0.6) is 0 Å².